The van der Waals surface area contributed by atoms with Crippen molar-refractivity contribution < 1.29 is 19.4 Å². The van der Waals surface area contributed by atoms with Gasteiger partial charge in [0.05, 0.1) is 6.61 Å². The first-order valence-corrected chi connectivity index (χ1v) is 3.18. The summed E-state index contributed by atoms with van der Waals surface area (Å²) in [6, 6.07) is 0. The molecule has 0 saturated carbocycles. The molecule has 10 heavy (non-hydrogen) atoms. The highest BCUT2D eigenvalue weighted by atomic mass is 16.8. The zero-order valence-corrected chi connectivity index (χ0v) is 5.79. The Morgan fingerprint density at radius 2 is 2.50 bits per heavy atom. The molecule has 1 rings (SSSR count). The summed E-state index contributed by atoms with van der Waals surface area (Å²) in [5.74, 6) is -0.883. The fourth-order valence-electron chi connectivity index (χ4n) is 1.02. The molecule has 0 aromatic rings. The van der Waals surface area contributed by atoms with Crippen LogP contribution in [0.2, 0.25) is 0 Å². The lowest BCUT2D eigenvalue weighted by molar-refractivity contribution is -0.167. The molecule has 58 valence electrons. The van der Waals surface area contributed by atoms with Gasteiger partial charge in [-0.15, -0.1) is 0 Å². The Labute approximate surface area is 58.7 Å². The minimum Gasteiger partial charge on any atom is -0.450 e. The van der Waals surface area contributed by atoms with Crippen LogP contribution in [0.15, 0.2) is 0 Å². The van der Waals surface area contributed by atoms with E-state index in [2.05, 4.69) is 4.74 Å². The predicted molar refractivity (Wildman–Crippen MR) is 32.7 cm³/mol. The first-order valence-electron chi connectivity index (χ1n) is 3.18. The largest absolute Gasteiger partial charge is 0.508 e. The van der Waals surface area contributed by atoms with Gasteiger partial charge in [0.2, 0.25) is 5.79 Å². The second-order valence-corrected chi connectivity index (χ2v) is 2.45. The lowest BCUT2D eigenvalue weighted by Gasteiger charge is -2.20. The summed E-state index contributed by atoms with van der Waals surface area (Å²) in [6.07, 6.45) is 0.243. The van der Waals surface area contributed by atoms with E-state index < -0.39 is 11.9 Å². The molecule has 0 bridgehead atoms. The van der Waals surface area contributed by atoms with E-state index in [1.165, 1.54) is 0 Å². The zero-order valence-electron chi connectivity index (χ0n) is 5.79. The number of ether oxygens (including phenoxy) is 2. The maximum Gasteiger partial charge on any atom is 0.508 e. The van der Waals surface area contributed by atoms with E-state index in [0.717, 1.165) is 6.42 Å². The summed E-state index contributed by atoms with van der Waals surface area (Å²) in [6.45, 7) is 2.22. The third kappa shape index (κ3) is 1.60. The molecule has 1 aliphatic heterocycles. The normalized spacial score (nSPS) is 32.1. The highest BCUT2D eigenvalue weighted by molar-refractivity contribution is 5.57. The molecule has 1 heterocycles. The van der Waals surface area contributed by atoms with Gasteiger partial charge in [-0.25, -0.2) is 4.79 Å². The Hall–Kier alpha value is -0.770. The molecular weight excluding hydrogens is 136 g/mol. The van der Waals surface area contributed by atoms with Gasteiger partial charge in [0.1, 0.15) is 0 Å². The number of rotatable bonds is 1. The molecule has 4 nitrogen and oxygen atoms in total. The van der Waals surface area contributed by atoms with Crippen molar-refractivity contribution in [2.24, 2.45) is 0 Å². The molecule has 0 amide bonds. The Bertz CT molecular complexity index is 137. The molecule has 1 N–H and O–H groups in total. The maximum absolute atomic E-state index is 10.1. The van der Waals surface area contributed by atoms with E-state index >= 15 is 0 Å². The van der Waals surface area contributed by atoms with Crippen LogP contribution in [0.4, 0.5) is 4.79 Å². The van der Waals surface area contributed by atoms with E-state index in [0.29, 0.717) is 13.0 Å². The van der Waals surface area contributed by atoms with Crippen LogP contribution in [-0.2, 0) is 9.47 Å². The second kappa shape index (κ2) is 2.46. The van der Waals surface area contributed by atoms with Gasteiger partial charge in [0, 0.05) is 13.3 Å². The van der Waals surface area contributed by atoms with Gasteiger partial charge in [-0.1, -0.05) is 0 Å². The van der Waals surface area contributed by atoms with Gasteiger partial charge in [-0.3, -0.25) is 0 Å². The summed E-state index contributed by atoms with van der Waals surface area (Å²) >= 11 is 0. The van der Waals surface area contributed by atoms with Crippen molar-refractivity contribution in [2.75, 3.05) is 6.61 Å². The molecular formula is C6H10O4. The van der Waals surface area contributed by atoms with Crippen LogP contribution in [0.3, 0.4) is 0 Å². The molecule has 0 spiro atoms. The smallest absolute Gasteiger partial charge is 0.450 e. The van der Waals surface area contributed by atoms with Crippen LogP contribution in [0.5, 0.6) is 0 Å². The van der Waals surface area contributed by atoms with Crippen LogP contribution in [0.25, 0.3) is 0 Å². The van der Waals surface area contributed by atoms with Gasteiger partial charge in [-0.05, 0) is 6.42 Å². The average molecular weight is 146 g/mol. The summed E-state index contributed by atoms with van der Waals surface area (Å²) < 4.78 is 9.54. The molecule has 0 aromatic heterocycles. The van der Waals surface area contributed by atoms with Crippen LogP contribution < -0.4 is 0 Å². The SMILES string of the molecule is C[C@]1(OC(=O)O)CCCO1. The highest BCUT2D eigenvalue weighted by Crippen LogP contribution is 2.25. The Morgan fingerprint density at radius 1 is 1.80 bits per heavy atom. The van der Waals surface area contributed by atoms with E-state index in [4.69, 9.17) is 9.84 Å². The van der Waals surface area contributed by atoms with E-state index in [1.807, 2.05) is 0 Å². The lowest BCUT2D eigenvalue weighted by atomic mass is 10.2. The van der Waals surface area contributed by atoms with Crippen molar-refractivity contribution in [3.63, 3.8) is 0 Å². The van der Waals surface area contributed by atoms with E-state index in [-0.39, 0.29) is 0 Å². The van der Waals surface area contributed by atoms with Crippen molar-refractivity contribution in [2.45, 2.75) is 25.6 Å². The molecule has 1 aliphatic rings. The third-order valence-electron chi connectivity index (χ3n) is 1.49. The Morgan fingerprint density at radius 3 is 2.90 bits per heavy atom. The van der Waals surface area contributed by atoms with Crippen molar-refractivity contribution in [3.8, 4) is 0 Å². The van der Waals surface area contributed by atoms with Crippen molar-refractivity contribution in [1.29, 1.82) is 0 Å². The fourth-order valence-corrected chi connectivity index (χ4v) is 1.02. The maximum atomic E-state index is 10.1. The lowest BCUT2D eigenvalue weighted by Crippen LogP contribution is -2.29. The molecule has 0 aliphatic carbocycles. The Balaban J connectivity index is 2.43. The predicted octanol–water partition coefficient (Wildman–Crippen LogP) is 1.21. The van der Waals surface area contributed by atoms with E-state index in [1.54, 1.807) is 6.92 Å². The average Bonchev–Trinajstić information content (AvgIpc) is 2.12. The molecule has 0 unspecified atom stereocenters. The van der Waals surface area contributed by atoms with Gasteiger partial charge in [0.25, 0.3) is 0 Å². The molecule has 1 saturated heterocycles. The second-order valence-electron chi connectivity index (χ2n) is 2.45. The van der Waals surface area contributed by atoms with Crippen molar-refractivity contribution in [1.82, 2.24) is 0 Å². The van der Waals surface area contributed by atoms with Crippen LogP contribution >= 0.6 is 0 Å². The first kappa shape index (κ1) is 7.34. The summed E-state index contributed by atoms with van der Waals surface area (Å²) in [4.78, 5) is 10.1. The number of carbonyl (C=O) groups is 1. The fraction of sp³-hybridized carbons (Fsp3) is 0.833. The third-order valence-corrected chi connectivity index (χ3v) is 1.49. The standard InChI is InChI=1S/C6H10O4/c1-6(10-5(7)8)3-2-4-9-6/h2-4H2,1H3,(H,7,8)/t6-/m0/s1. The summed E-state index contributed by atoms with van der Waals surface area (Å²) in [7, 11) is 0. The van der Waals surface area contributed by atoms with Crippen molar-refractivity contribution in [3.05, 3.63) is 0 Å². The summed E-state index contributed by atoms with van der Waals surface area (Å²) in [5.41, 5.74) is 0. The molecule has 1 fully saturated rings. The monoisotopic (exact) mass is 146 g/mol. The van der Waals surface area contributed by atoms with Crippen LogP contribution in [0, 0.1) is 0 Å². The van der Waals surface area contributed by atoms with Gasteiger partial charge >= 0.3 is 6.16 Å². The van der Waals surface area contributed by atoms with Crippen LogP contribution in [0.1, 0.15) is 19.8 Å². The molecule has 4 heteroatoms. The van der Waals surface area contributed by atoms with Gasteiger partial charge in [-0.2, -0.15) is 0 Å². The van der Waals surface area contributed by atoms with Gasteiger partial charge < -0.3 is 14.6 Å². The van der Waals surface area contributed by atoms with Gasteiger partial charge in [0.15, 0.2) is 0 Å². The minimum absolute atomic E-state index is 0.587. The topological polar surface area (TPSA) is 55.8 Å². The minimum atomic E-state index is -1.27. The molecule has 0 aromatic carbocycles. The zero-order chi connectivity index (χ0) is 7.61. The number of carboxylic acid groups (broad SMARTS) is 1. The van der Waals surface area contributed by atoms with E-state index in [9.17, 15) is 4.79 Å². The quantitative estimate of drug-likeness (QED) is 0.565. The van der Waals surface area contributed by atoms with Crippen molar-refractivity contribution >= 4 is 6.16 Å². The number of hydrogen-bond acceptors (Lipinski definition) is 3. The molecule has 1 atom stereocenters. The highest BCUT2D eigenvalue weighted by Gasteiger charge is 2.33. The first-order chi connectivity index (χ1) is 4.62. The number of hydrogen-bond donors (Lipinski definition) is 1. The molecule has 0 radical (unpaired) electrons. The van der Waals surface area contributed by atoms with Crippen LogP contribution in [-0.4, -0.2) is 23.7 Å². The summed E-state index contributed by atoms with van der Waals surface area (Å²) in [5, 5.41) is 8.24. The Kier molecular flexibility index (Phi) is 1.80.